The number of hydrogen-bond acceptors (Lipinski definition) is 3. The first-order valence-corrected chi connectivity index (χ1v) is 8.10. The van der Waals surface area contributed by atoms with Crippen LogP contribution in [0.1, 0.15) is 54.2 Å². The predicted octanol–water partition coefficient (Wildman–Crippen LogP) is 2.88. The maximum atomic E-state index is 12.1. The largest absolute Gasteiger partial charge is 0.352 e. The fourth-order valence-electron chi connectivity index (χ4n) is 2.75. The lowest BCUT2D eigenvalue weighted by atomic mass is 9.85. The van der Waals surface area contributed by atoms with E-state index in [4.69, 9.17) is 0 Å². The molecule has 0 radical (unpaired) electrons. The molecule has 2 aliphatic rings. The summed E-state index contributed by atoms with van der Waals surface area (Å²) >= 11 is 0. The molecule has 0 aliphatic heterocycles. The van der Waals surface area contributed by atoms with Crippen molar-refractivity contribution in [3.8, 4) is 11.4 Å². The number of rotatable bonds is 5. The molecule has 114 valence electrons. The van der Waals surface area contributed by atoms with Gasteiger partial charge in [0.15, 0.2) is 5.82 Å². The Kier molecular flexibility index (Phi) is 3.41. The summed E-state index contributed by atoms with van der Waals surface area (Å²) in [5.41, 5.74) is 1.64. The molecule has 0 bridgehead atoms. The van der Waals surface area contributed by atoms with E-state index in [-0.39, 0.29) is 5.91 Å². The minimum Gasteiger partial charge on any atom is -0.352 e. The van der Waals surface area contributed by atoms with Crippen molar-refractivity contribution in [2.75, 3.05) is 6.54 Å². The Bertz CT molecular complexity index is 668. The van der Waals surface area contributed by atoms with E-state index in [2.05, 4.69) is 20.5 Å². The summed E-state index contributed by atoms with van der Waals surface area (Å²) in [5, 5.41) is 10.3. The molecule has 5 heteroatoms. The third-order valence-corrected chi connectivity index (χ3v) is 4.65. The first-order chi connectivity index (χ1) is 10.8. The molecule has 0 saturated heterocycles. The number of nitrogens with zero attached hydrogens (tertiary/aromatic N) is 2. The molecule has 2 saturated carbocycles. The van der Waals surface area contributed by atoms with Gasteiger partial charge in [0.05, 0.1) is 0 Å². The highest BCUT2D eigenvalue weighted by atomic mass is 16.1. The Morgan fingerprint density at radius 3 is 2.59 bits per heavy atom. The lowest BCUT2D eigenvalue weighted by Crippen LogP contribution is -2.32. The topological polar surface area (TPSA) is 70.7 Å². The SMILES string of the molecule is O=C(NCC1CCC1)c1ccc(-c2n[nH]c(C3CC3)n2)cc1. The fraction of sp³-hybridized carbons (Fsp3) is 0.471. The van der Waals surface area contributed by atoms with Crippen LogP contribution in [0.2, 0.25) is 0 Å². The van der Waals surface area contributed by atoms with E-state index >= 15 is 0 Å². The van der Waals surface area contributed by atoms with Gasteiger partial charge in [-0.2, -0.15) is 5.10 Å². The smallest absolute Gasteiger partial charge is 0.251 e. The van der Waals surface area contributed by atoms with E-state index in [0.29, 0.717) is 23.2 Å². The van der Waals surface area contributed by atoms with Gasteiger partial charge < -0.3 is 5.32 Å². The van der Waals surface area contributed by atoms with Crippen LogP contribution in [0, 0.1) is 5.92 Å². The third kappa shape index (κ3) is 2.75. The normalized spacial score (nSPS) is 18.0. The Labute approximate surface area is 129 Å². The van der Waals surface area contributed by atoms with Crippen molar-refractivity contribution >= 4 is 5.91 Å². The summed E-state index contributed by atoms with van der Waals surface area (Å²) in [6.45, 7) is 0.798. The number of aromatic nitrogens is 3. The van der Waals surface area contributed by atoms with Crippen molar-refractivity contribution in [3.63, 3.8) is 0 Å². The van der Waals surface area contributed by atoms with Crippen molar-refractivity contribution in [3.05, 3.63) is 35.7 Å². The van der Waals surface area contributed by atoms with Crippen molar-refractivity contribution < 1.29 is 4.79 Å². The van der Waals surface area contributed by atoms with Crippen LogP contribution < -0.4 is 5.32 Å². The first kappa shape index (κ1) is 13.5. The monoisotopic (exact) mass is 296 g/mol. The Balaban J connectivity index is 1.41. The second-order valence-electron chi connectivity index (χ2n) is 6.40. The summed E-state index contributed by atoms with van der Waals surface area (Å²) in [6, 6.07) is 7.52. The minimum atomic E-state index is 0.00658. The van der Waals surface area contributed by atoms with Crippen LogP contribution in [0.4, 0.5) is 0 Å². The summed E-state index contributed by atoms with van der Waals surface area (Å²) in [7, 11) is 0. The highest BCUT2D eigenvalue weighted by molar-refractivity contribution is 5.94. The number of aromatic amines is 1. The molecule has 2 N–H and O–H groups in total. The highest BCUT2D eigenvalue weighted by Crippen LogP contribution is 2.38. The number of amides is 1. The molecule has 1 aromatic heterocycles. The van der Waals surface area contributed by atoms with E-state index in [1.165, 1.54) is 32.1 Å². The molecule has 1 aromatic carbocycles. The fourth-order valence-corrected chi connectivity index (χ4v) is 2.75. The molecule has 0 atom stereocenters. The lowest BCUT2D eigenvalue weighted by Gasteiger charge is -2.25. The molecule has 0 spiro atoms. The van der Waals surface area contributed by atoms with Gasteiger partial charge in [-0.3, -0.25) is 9.89 Å². The van der Waals surface area contributed by atoms with E-state index in [9.17, 15) is 4.79 Å². The van der Waals surface area contributed by atoms with E-state index in [0.717, 1.165) is 17.9 Å². The quantitative estimate of drug-likeness (QED) is 0.891. The molecule has 1 amide bonds. The molecule has 2 aromatic rings. The zero-order valence-corrected chi connectivity index (χ0v) is 12.5. The number of H-pyrrole nitrogens is 1. The highest BCUT2D eigenvalue weighted by Gasteiger charge is 2.27. The van der Waals surface area contributed by atoms with Crippen LogP contribution in [0.3, 0.4) is 0 Å². The average Bonchev–Trinajstić information content (AvgIpc) is 3.23. The number of nitrogens with one attached hydrogen (secondary N) is 2. The van der Waals surface area contributed by atoms with Crippen molar-refractivity contribution in [2.45, 2.75) is 38.0 Å². The van der Waals surface area contributed by atoms with Crippen LogP contribution in [-0.2, 0) is 0 Å². The maximum absolute atomic E-state index is 12.1. The van der Waals surface area contributed by atoms with Crippen LogP contribution in [0.25, 0.3) is 11.4 Å². The van der Waals surface area contributed by atoms with Crippen LogP contribution in [0.15, 0.2) is 24.3 Å². The second-order valence-corrected chi connectivity index (χ2v) is 6.40. The minimum absolute atomic E-state index is 0.00658. The molecule has 0 unspecified atom stereocenters. The van der Waals surface area contributed by atoms with E-state index < -0.39 is 0 Å². The average molecular weight is 296 g/mol. The maximum Gasteiger partial charge on any atom is 0.251 e. The Hall–Kier alpha value is -2.17. The number of carbonyl (C=O) groups excluding carboxylic acids is 1. The van der Waals surface area contributed by atoms with E-state index in [1.807, 2.05) is 24.3 Å². The third-order valence-electron chi connectivity index (χ3n) is 4.65. The van der Waals surface area contributed by atoms with E-state index in [1.54, 1.807) is 0 Å². The standard InChI is InChI=1S/C17H20N4O/c22-17(18-10-11-2-1-3-11)14-8-6-13(7-9-14)16-19-15(20-21-16)12-4-5-12/h6-9,11-12H,1-5,10H2,(H,18,22)(H,19,20,21). The van der Waals surface area contributed by atoms with Gasteiger partial charge in [0.2, 0.25) is 0 Å². The van der Waals surface area contributed by atoms with Crippen molar-refractivity contribution in [1.82, 2.24) is 20.5 Å². The van der Waals surface area contributed by atoms with Crippen molar-refractivity contribution in [1.29, 1.82) is 0 Å². The Morgan fingerprint density at radius 2 is 1.95 bits per heavy atom. The lowest BCUT2D eigenvalue weighted by molar-refractivity contribution is 0.0939. The Morgan fingerprint density at radius 1 is 1.18 bits per heavy atom. The molecule has 2 aliphatic carbocycles. The van der Waals surface area contributed by atoms with Gasteiger partial charge in [0, 0.05) is 23.6 Å². The molecule has 5 nitrogen and oxygen atoms in total. The predicted molar refractivity (Wildman–Crippen MR) is 83.5 cm³/mol. The summed E-state index contributed by atoms with van der Waals surface area (Å²) in [4.78, 5) is 16.6. The summed E-state index contributed by atoms with van der Waals surface area (Å²) in [5.74, 6) is 2.95. The zero-order chi connectivity index (χ0) is 14.9. The van der Waals surface area contributed by atoms with Crippen LogP contribution in [-0.4, -0.2) is 27.6 Å². The molecular weight excluding hydrogens is 276 g/mol. The first-order valence-electron chi connectivity index (χ1n) is 8.10. The summed E-state index contributed by atoms with van der Waals surface area (Å²) < 4.78 is 0. The molecule has 22 heavy (non-hydrogen) atoms. The van der Waals surface area contributed by atoms with Gasteiger partial charge in [-0.25, -0.2) is 4.98 Å². The molecular formula is C17H20N4O. The number of carbonyl (C=O) groups is 1. The number of benzene rings is 1. The van der Waals surface area contributed by atoms with Crippen molar-refractivity contribution in [2.24, 2.45) is 5.92 Å². The van der Waals surface area contributed by atoms with Crippen LogP contribution in [0.5, 0.6) is 0 Å². The zero-order valence-electron chi connectivity index (χ0n) is 12.5. The van der Waals surface area contributed by atoms with Gasteiger partial charge >= 0.3 is 0 Å². The number of hydrogen-bond donors (Lipinski definition) is 2. The molecule has 2 fully saturated rings. The second kappa shape index (κ2) is 5.55. The van der Waals surface area contributed by atoms with Gasteiger partial charge in [0.1, 0.15) is 5.82 Å². The van der Waals surface area contributed by atoms with Gasteiger partial charge in [-0.05, 0) is 43.7 Å². The summed E-state index contributed by atoms with van der Waals surface area (Å²) in [6.07, 6.45) is 6.19. The van der Waals surface area contributed by atoms with Crippen LogP contribution >= 0.6 is 0 Å². The van der Waals surface area contributed by atoms with Gasteiger partial charge in [-0.15, -0.1) is 0 Å². The van der Waals surface area contributed by atoms with Gasteiger partial charge in [-0.1, -0.05) is 18.6 Å². The molecule has 1 heterocycles. The van der Waals surface area contributed by atoms with Gasteiger partial charge in [0.25, 0.3) is 5.91 Å². The molecule has 4 rings (SSSR count).